The van der Waals surface area contributed by atoms with Crippen molar-refractivity contribution in [1.82, 2.24) is 0 Å². The van der Waals surface area contributed by atoms with E-state index in [2.05, 4.69) is 0 Å². The Labute approximate surface area is 122 Å². The Hall–Kier alpha value is -2.20. The minimum Gasteiger partial charge on any atom is -0.455 e. The van der Waals surface area contributed by atoms with Crippen LogP contribution >= 0.6 is 11.6 Å². The highest BCUT2D eigenvalue weighted by atomic mass is 35.5. The third-order valence-electron chi connectivity index (χ3n) is 3.03. The zero-order valence-electron chi connectivity index (χ0n) is 11.2. The SMILES string of the molecule is Cc1ccc(Oc2c(Cl)cc(N)cc2C(N)=O)cc1C. The molecule has 0 aliphatic heterocycles. The van der Waals surface area contributed by atoms with Crippen LogP contribution < -0.4 is 16.2 Å². The maximum atomic E-state index is 11.5. The zero-order valence-corrected chi connectivity index (χ0v) is 12.0. The number of rotatable bonds is 3. The summed E-state index contributed by atoms with van der Waals surface area (Å²) >= 11 is 6.09. The number of primary amides is 1. The van der Waals surface area contributed by atoms with Crippen molar-refractivity contribution in [3.63, 3.8) is 0 Å². The first kappa shape index (κ1) is 14.2. The monoisotopic (exact) mass is 290 g/mol. The molecule has 0 spiro atoms. The molecule has 20 heavy (non-hydrogen) atoms. The molecule has 0 saturated heterocycles. The fourth-order valence-electron chi connectivity index (χ4n) is 1.80. The molecule has 0 radical (unpaired) electrons. The predicted molar refractivity (Wildman–Crippen MR) is 80.4 cm³/mol. The third kappa shape index (κ3) is 2.86. The van der Waals surface area contributed by atoms with Gasteiger partial charge in [0.15, 0.2) is 5.75 Å². The van der Waals surface area contributed by atoms with Crippen molar-refractivity contribution in [2.24, 2.45) is 5.73 Å². The molecular formula is C15H15ClN2O2. The van der Waals surface area contributed by atoms with E-state index in [-0.39, 0.29) is 16.3 Å². The van der Waals surface area contributed by atoms with Crippen LogP contribution in [0.1, 0.15) is 21.5 Å². The standard InChI is InChI=1S/C15H15ClN2O2/c1-8-3-4-11(5-9(8)2)20-14-12(15(18)19)6-10(17)7-13(14)16/h3-7H,17H2,1-2H3,(H2,18,19). The second-order valence-electron chi connectivity index (χ2n) is 4.59. The molecule has 2 aromatic rings. The van der Waals surface area contributed by atoms with Gasteiger partial charge >= 0.3 is 0 Å². The highest BCUT2D eigenvalue weighted by molar-refractivity contribution is 6.33. The largest absolute Gasteiger partial charge is 0.455 e. The van der Waals surface area contributed by atoms with E-state index in [1.807, 2.05) is 26.0 Å². The van der Waals surface area contributed by atoms with Crippen LogP contribution in [0.5, 0.6) is 11.5 Å². The minimum absolute atomic E-state index is 0.160. The summed E-state index contributed by atoms with van der Waals surface area (Å²) in [6.07, 6.45) is 0. The Bertz CT molecular complexity index is 684. The molecule has 4 N–H and O–H groups in total. The molecule has 0 bridgehead atoms. The van der Waals surface area contributed by atoms with Gasteiger partial charge in [-0.1, -0.05) is 17.7 Å². The molecule has 2 aromatic carbocycles. The average molecular weight is 291 g/mol. The van der Waals surface area contributed by atoms with Crippen LogP contribution in [0, 0.1) is 13.8 Å². The number of aryl methyl sites for hydroxylation is 2. The summed E-state index contributed by atoms with van der Waals surface area (Å²) in [6.45, 7) is 3.98. The summed E-state index contributed by atoms with van der Waals surface area (Å²) < 4.78 is 5.70. The Balaban J connectivity index is 2.47. The summed E-state index contributed by atoms with van der Waals surface area (Å²) in [6, 6.07) is 8.57. The number of benzene rings is 2. The number of nitrogens with two attached hydrogens (primary N) is 2. The predicted octanol–water partition coefficient (Wildman–Crippen LogP) is 3.43. The normalized spacial score (nSPS) is 10.3. The van der Waals surface area contributed by atoms with Crippen LogP contribution in [-0.2, 0) is 0 Å². The number of nitrogen functional groups attached to an aromatic ring is 1. The lowest BCUT2D eigenvalue weighted by Gasteiger charge is -2.13. The molecule has 0 aromatic heterocycles. The van der Waals surface area contributed by atoms with Gasteiger partial charge < -0.3 is 16.2 Å². The van der Waals surface area contributed by atoms with Crippen LogP contribution in [0.3, 0.4) is 0 Å². The van der Waals surface area contributed by atoms with Gasteiger partial charge in [-0.25, -0.2) is 0 Å². The number of hydrogen-bond acceptors (Lipinski definition) is 3. The lowest BCUT2D eigenvalue weighted by molar-refractivity contribution is 0.0998. The van der Waals surface area contributed by atoms with Crippen LogP contribution in [0.2, 0.25) is 5.02 Å². The van der Waals surface area contributed by atoms with Gasteiger partial charge in [0.05, 0.1) is 10.6 Å². The van der Waals surface area contributed by atoms with Crippen molar-refractivity contribution in [1.29, 1.82) is 0 Å². The van der Waals surface area contributed by atoms with E-state index in [0.29, 0.717) is 11.4 Å². The second kappa shape index (κ2) is 5.43. The fraction of sp³-hybridized carbons (Fsp3) is 0.133. The van der Waals surface area contributed by atoms with Gasteiger partial charge in [-0.05, 0) is 49.2 Å². The quantitative estimate of drug-likeness (QED) is 0.850. The highest BCUT2D eigenvalue weighted by Crippen LogP contribution is 2.35. The maximum absolute atomic E-state index is 11.5. The molecule has 0 heterocycles. The molecule has 104 valence electrons. The van der Waals surface area contributed by atoms with Crippen molar-refractivity contribution in [3.8, 4) is 11.5 Å². The molecule has 4 nitrogen and oxygen atoms in total. The second-order valence-corrected chi connectivity index (χ2v) is 5.00. The number of carbonyl (C=O) groups is 1. The topological polar surface area (TPSA) is 78.3 Å². The fourth-order valence-corrected chi connectivity index (χ4v) is 2.06. The molecule has 2 rings (SSSR count). The van der Waals surface area contributed by atoms with E-state index < -0.39 is 5.91 Å². The average Bonchev–Trinajstić information content (AvgIpc) is 2.36. The van der Waals surface area contributed by atoms with Crippen LogP contribution in [0.4, 0.5) is 5.69 Å². The number of ether oxygens (including phenoxy) is 1. The van der Waals surface area contributed by atoms with Crippen molar-refractivity contribution in [3.05, 3.63) is 52.0 Å². The molecule has 0 unspecified atom stereocenters. The summed E-state index contributed by atoms with van der Waals surface area (Å²) in [5.41, 5.74) is 13.7. The van der Waals surface area contributed by atoms with Crippen molar-refractivity contribution in [2.75, 3.05) is 5.73 Å². The number of amides is 1. The highest BCUT2D eigenvalue weighted by Gasteiger charge is 2.16. The molecule has 0 saturated carbocycles. The molecule has 1 amide bonds. The third-order valence-corrected chi connectivity index (χ3v) is 3.31. The lowest BCUT2D eigenvalue weighted by atomic mass is 10.1. The van der Waals surface area contributed by atoms with E-state index in [9.17, 15) is 4.79 Å². The molecule has 0 atom stereocenters. The Morgan fingerprint density at radius 3 is 2.45 bits per heavy atom. The summed E-state index contributed by atoms with van der Waals surface area (Å²) in [4.78, 5) is 11.5. The Morgan fingerprint density at radius 1 is 1.15 bits per heavy atom. The van der Waals surface area contributed by atoms with Crippen LogP contribution in [0.15, 0.2) is 30.3 Å². The van der Waals surface area contributed by atoms with Gasteiger partial charge in [0.2, 0.25) is 0 Å². The summed E-state index contributed by atoms with van der Waals surface area (Å²) in [5, 5.41) is 0.247. The van der Waals surface area contributed by atoms with E-state index in [1.165, 1.54) is 12.1 Å². The summed E-state index contributed by atoms with van der Waals surface area (Å²) in [5.74, 6) is 0.164. The van der Waals surface area contributed by atoms with Crippen molar-refractivity contribution >= 4 is 23.2 Å². The number of hydrogen-bond donors (Lipinski definition) is 2. The van der Waals surface area contributed by atoms with Gasteiger partial charge in [-0.2, -0.15) is 0 Å². The first-order valence-electron chi connectivity index (χ1n) is 6.02. The molecular weight excluding hydrogens is 276 g/mol. The number of carbonyl (C=O) groups excluding carboxylic acids is 1. The van der Waals surface area contributed by atoms with E-state index in [1.54, 1.807) is 6.07 Å². The zero-order chi connectivity index (χ0) is 14.9. The van der Waals surface area contributed by atoms with E-state index in [4.69, 9.17) is 27.8 Å². The first-order chi connectivity index (χ1) is 9.38. The van der Waals surface area contributed by atoms with Gasteiger partial charge in [0, 0.05) is 5.69 Å². The smallest absolute Gasteiger partial charge is 0.252 e. The van der Waals surface area contributed by atoms with Crippen LogP contribution in [0.25, 0.3) is 0 Å². The summed E-state index contributed by atoms with van der Waals surface area (Å²) in [7, 11) is 0. The molecule has 0 aliphatic rings. The molecule has 0 aliphatic carbocycles. The number of halogens is 1. The van der Waals surface area contributed by atoms with E-state index in [0.717, 1.165) is 11.1 Å². The van der Waals surface area contributed by atoms with E-state index >= 15 is 0 Å². The Kier molecular flexibility index (Phi) is 3.86. The van der Waals surface area contributed by atoms with Crippen molar-refractivity contribution < 1.29 is 9.53 Å². The van der Waals surface area contributed by atoms with Gasteiger partial charge in [-0.15, -0.1) is 0 Å². The van der Waals surface area contributed by atoms with Crippen LogP contribution in [-0.4, -0.2) is 5.91 Å². The van der Waals surface area contributed by atoms with Gasteiger partial charge in [0.1, 0.15) is 5.75 Å². The molecule has 0 fully saturated rings. The maximum Gasteiger partial charge on any atom is 0.252 e. The molecule has 5 heteroatoms. The van der Waals surface area contributed by atoms with Crippen molar-refractivity contribution in [2.45, 2.75) is 13.8 Å². The first-order valence-corrected chi connectivity index (χ1v) is 6.40. The lowest BCUT2D eigenvalue weighted by Crippen LogP contribution is -2.13. The van der Waals surface area contributed by atoms with Gasteiger partial charge in [0.25, 0.3) is 5.91 Å². The Morgan fingerprint density at radius 2 is 1.85 bits per heavy atom. The van der Waals surface area contributed by atoms with Gasteiger partial charge in [-0.3, -0.25) is 4.79 Å². The number of anilines is 1. The minimum atomic E-state index is -0.641.